The summed E-state index contributed by atoms with van der Waals surface area (Å²) in [5.74, 6) is -0.471. The molecule has 8 nitrogen and oxygen atoms in total. The summed E-state index contributed by atoms with van der Waals surface area (Å²) in [6, 6.07) is 30.6. The molecule has 206 valence electrons. The normalized spacial score (nSPS) is 14.0. The van der Waals surface area contributed by atoms with Crippen LogP contribution in [0.15, 0.2) is 118 Å². The molecule has 0 unspecified atom stereocenters. The third-order valence-electron chi connectivity index (χ3n) is 6.12. The molecule has 0 aliphatic carbocycles. The van der Waals surface area contributed by atoms with E-state index in [0.717, 1.165) is 16.7 Å². The minimum atomic E-state index is -4.00. The van der Waals surface area contributed by atoms with Gasteiger partial charge in [-0.2, -0.15) is 4.99 Å². The number of hydrogen-bond acceptors (Lipinski definition) is 7. The lowest BCUT2D eigenvalue weighted by Gasteiger charge is -2.09. The molecule has 0 radical (unpaired) electrons. The van der Waals surface area contributed by atoms with Crippen molar-refractivity contribution in [1.29, 1.82) is 0 Å². The highest BCUT2D eigenvalue weighted by Gasteiger charge is 2.22. The van der Waals surface area contributed by atoms with Gasteiger partial charge in [-0.05, 0) is 76.5 Å². The molecule has 0 atom stereocenters. The summed E-state index contributed by atoms with van der Waals surface area (Å²) in [4.78, 5) is 29.5. The van der Waals surface area contributed by atoms with E-state index in [1.807, 2.05) is 60.7 Å². The highest BCUT2D eigenvalue weighted by Crippen LogP contribution is 2.30. The van der Waals surface area contributed by atoms with Crippen molar-refractivity contribution in [3.05, 3.63) is 119 Å². The number of carbonyl (C=O) groups is 2. The number of ether oxygens (including phenoxy) is 1. The molecule has 0 fully saturated rings. The molecule has 2 N–H and O–H groups in total. The summed E-state index contributed by atoms with van der Waals surface area (Å²) in [6.45, 7) is 0. The van der Waals surface area contributed by atoms with Crippen molar-refractivity contribution in [1.82, 2.24) is 4.72 Å². The number of hydrogen-bond donors (Lipinski definition) is 2. The molecule has 1 aliphatic heterocycles. The number of thioether (sulfide) groups is 1. The van der Waals surface area contributed by atoms with Gasteiger partial charge in [-0.25, -0.2) is 13.1 Å². The van der Waals surface area contributed by atoms with E-state index in [-0.39, 0.29) is 17.2 Å². The average Bonchev–Trinajstić information content (AvgIpc) is 3.32. The van der Waals surface area contributed by atoms with E-state index in [0.29, 0.717) is 27.1 Å². The first-order valence-electron chi connectivity index (χ1n) is 12.5. The first-order valence-corrected chi connectivity index (χ1v) is 14.8. The predicted molar refractivity (Wildman–Crippen MR) is 162 cm³/mol. The Morgan fingerprint density at radius 3 is 2.20 bits per heavy atom. The predicted octanol–water partition coefficient (Wildman–Crippen LogP) is 5.49. The minimum absolute atomic E-state index is 0.0341. The quantitative estimate of drug-likeness (QED) is 0.264. The highest BCUT2D eigenvalue weighted by atomic mass is 32.2. The maximum absolute atomic E-state index is 12.5. The number of methoxy groups -OCH3 is 1. The number of amidine groups is 1. The van der Waals surface area contributed by atoms with E-state index in [9.17, 15) is 18.0 Å². The lowest BCUT2D eigenvalue weighted by molar-refractivity contribution is -0.118. The number of anilines is 1. The van der Waals surface area contributed by atoms with Crippen LogP contribution in [-0.2, 0) is 26.0 Å². The van der Waals surface area contributed by atoms with Crippen molar-refractivity contribution in [2.24, 2.45) is 4.99 Å². The molecule has 0 aromatic heterocycles. The van der Waals surface area contributed by atoms with Gasteiger partial charge in [-0.1, -0.05) is 66.7 Å². The Bertz CT molecular complexity index is 1730. The molecule has 4 aromatic rings. The smallest absolute Gasteiger partial charge is 0.286 e. The number of nitrogens with one attached hydrogen (secondary N) is 2. The van der Waals surface area contributed by atoms with Gasteiger partial charge in [0.25, 0.3) is 15.9 Å². The number of aliphatic imine (C=N–C) groups is 1. The number of carbonyl (C=O) groups excluding carboxylic acids is 2. The van der Waals surface area contributed by atoms with Gasteiger partial charge in [-0.15, -0.1) is 0 Å². The van der Waals surface area contributed by atoms with E-state index in [2.05, 4.69) is 15.0 Å². The van der Waals surface area contributed by atoms with Crippen LogP contribution in [-0.4, -0.2) is 32.5 Å². The zero-order valence-electron chi connectivity index (χ0n) is 21.9. The Kier molecular flexibility index (Phi) is 8.32. The molecule has 1 heterocycles. The molecular weight excluding hydrogens is 558 g/mol. The standard InChI is InChI=1S/C31H25N3O5S2/c1-39-26-15-17-27(18-16-26)41(37,38)34-29(35)20-22-9-13-25(14-10-22)32-31-33-30(36)28(40-31)19-21-7-11-24(12-8-21)23-5-3-2-4-6-23/h2-19H,20H2,1H3,(H,34,35)(H,32,33,36)/b28-19+. The lowest BCUT2D eigenvalue weighted by atomic mass is 10.0. The number of amides is 2. The number of nitrogens with zero attached hydrogens (tertiary/aromatic N) is 1. The summed E-state index contributed by atoms with van der Waals surface area (Å²) in [5, 5.41) is 3.55. The molecule has 4 aromatic carbocycles. The summed E-state index contributed by atoms with van der Waals surface area (Å²) in [7, 11) is -2.52. The van der Waals surface area contributed by atoms with E-state index in [1.165, 1.54) is 43.1 Å². The van der Waals surface area contributed by atoms with Crippen molar-refractivity contribution < 1.29 is 22.7 Å². The van der Waals surface area contributed by atoms with E-state index < -0.39 is 15.9 Å². The van der Waals surface area contributed by atoms with Crippen LogP contribution in [0.5, 0.6) is 5.75 Å². The van der Waals surface area contributed by atoms with Crippen molar-refractivity contribution in [2.75, 3.05) is 12.4 Å². The largest absolute Gasteiger partial charge is 0.497 e. The van der Waals surface area contributed by atoms with Gasteiger partial charge in [-0.3, -0.25) is 9.59 Å². The van der Waals surface area contributed by atoms with E-state index in [1.54, 1.807) is 24.3 Å². The molecule has 0 saturated heterocycles. The minimum Gasteiger partial charge on any atom is -0.497 e. The Labute approximate surface area is 242 Å². The zero-order chi connectivity index (χ0) is 28.8. The SMILES string of the molecule is COc1ccc(S(=O)(=O)NC(=O)Cc2ccc(NC3=NC(=O)/C(=C\c4ccc(-c5ccccc5)cc4)S3)cc2)cc1. The van der Waals surface area contributed by atoms with Crippen LogP contribution in [0.4, 0.5) is 5.69 Å². The van der Waals surface area contributed by atoms with Crippen LogP contribution in [0.3, 0.4) is 0 Å². The number of rotatable bonds is 8. The summed E-state index contributed by atoms with van der Waals surface area (Å²) >= 11 is 1.24. The molecule has 2 amide bonds. The van der Waals surface area contributed by atoms with Gasteiger partial charge in [0.2, 0.25) is 5.91 Å². The molecule has 5 rings (SSSR count). The topological polar surface area (TPSA) is 114 Å². The van der Waals surface area contributed by atoms with E-state index in [4.69, 9.17) is 4.74 Å². The second kappa shape index (κ2) is 12.2. The van der Waals surface area contributed by atoms with Crippen molar-refractivity contribution >= 4 is 50.5 Å². The van der Waals surface area contributed by atoms with Crippen molar-refractivity contribution in [2.45, 2.75) is 11.3 Å². The van der Waals surface area contributed by atoms with Crippen LogP contribution < -0.4 is 14.8 Å². The van der Waals surface area contributed by atoms with Crippen molar-refractivity contribution in [3.63, 3.8) is 0 Å². The van der Waals surface area contributed by atoms with Gasteiger partial charge < -0.3 is 10.1 Å². The lowest BCUT2D eigenvalue weighted by Crippen LogP contribution is -2.31. The van der Waals surface area contributed by atoms with E-state index >= 15 is 0 Å². The third-order valence-corrected chi connectivity index (χ3v) is 8.41. The van der Waals surface area contributed by atoms with Crippen LogP contribution in [0.25, 0.3) is 17.2 Å². The van der Waals surface area contributed by atoms with Gasteiger partial charge >= 0.3 is 0 Å². The molecule has 0 saturated carbocycles. The molecule has 0 spiro atoms. The van der Waals surface area contributed by atoms with Gasteiger partial charge in [0.15, 0.2) is 5.17 Å². The van der Waals surface area contributed by atoms with Crippen LogP contribution in [0.2, 0.25) is 0 Å². The Balaban J connectivity index is 1.16. The first-order chi connectivity index (χ1) is 19.8. The second-order valence-electron chi connectivity index (χ2n) is 9.02. The number of sulfonamides is 1. The Morgan fingerprint density at radius 2 is 1.54 bits per heavy atom. The third kappa shape index (κ3) is 7.10. The fourth-order valence-electron chi connectivity index (χ4n) is 4.03. The van der Waals surface area contributed by atoms with Crippen molar-refractivity contribution in [3.8, 4) is 16.9 Å². The molecule has 10 heteroatoms. The Hall–Kier alpha value is -4.67. The summed E-state index contributed by atoms with van der Waals surface area (Å²) in [5.41, 5.74) is 4.41. The maximum Gasteiger partial charge on any atom is 0.286 e. The summed E-state index contributed by atoms with van der Waals surface area (Å²) < 4.78 is 32.1. The molecule has 1 aliphatic rings. The monoisotopic (exact) mass is 583 g/mol. The summed E-state index contributed by atoms with van der Waals surface area (Å²) in [6.07, 6.45) is 1.68. The van der Waals surface area contributed by atoms with Crippen LogP contribution in [0.1, 0.15) is 11.1 Å². The maximum atomic E-state index is 12.5. The molecule has 0 bridgehead atoms. The van der Waals surface area contributed by atoms with Gasteiger partial charge in [0.05, 0.1) is 23.3 Å². The zero-order valence-corrected chi connectivity index (χ0v) is 23.5. The molecule has 41 heavy (non-hydrogen) atoms. The van der Waals surface area contributed by atoms with Gasteiger partial charge in [0, 0.05) is 5.69 Å². The average molecular weight is 584 g/mol. The fourth-order valence-corrected chi connectivity index (χ4v) is 5.85. The van der Waals surface area contributed by atoms with Crippen LogP contribution in [0, 0.1) is 0 Å². The molecular formula is C31H25N3O5S2. The Morgan fingerprint density at radius 1 is 0.878 bits per heavy atom. The number of benzene rings is 4. The van der Waals surface area contributed by atoms with Crippen LogP contribution >= 0.6 is 11.8 Å². The highest BCUT2D eigenvalue weighted by molar-refractivity contribution is 8.18. The second-order valence-corrected chi connectivity index (χ2v) is 11.7. The first kappa shape index (κ1) is 27.9. The van der Waals surface area contributed by atoms with Gasteiger partial charge in [0.1, 0.15) is 5.75 Å². The fraction of sp³-hybridized carbons (Fsp3) is 0.0645.